The summed E-state index contributed by atoms with van der Waals surface area (Å²) in [7, 11) is 1.88. The van der Waals surface area contributed by atoms with Gasteiger partial charge in [0.05, 0.1) is 0 Å². The Morgan fingerprint density at radius 3 is 2.83 bits per heavy atom. The molecule has 0 saturated heterocycles. The third-order valence-corrected chi connectivity index (χ3v) is 2.57. The Labute approximate surface area is 117 Å². The average molecular weight is 292 g/mol. The van der Waals surface area contributed by atoms with E-state index >= 15 is 0 Å². The second-order valence-corrected chi connectivity index (χ2v) is 3.79. The first-order valence-corrected chi connectivity index (χ1v) is 4.97. The second kappa shape index (κ2) is 6.58. The first-order chi connectivity index (χ1) is 7.59. The Morgan fingerprint density at radius 2 is 2.22 bits per heavy atom. The summed E-state index contributed by atoms with van der Waals surface area (Å²) in [5.74, 6) is -0.985. The lowest BCUT2D eigenvalue weighted by molar-refractivity contribution is -0.138. The number of rotatable bonds is 3. The van der Waals surface area contributed by atoms with Gasteiger partial charge in [-0.25, -0.2) is 4.98 Å². The number of carboxylic acids is 1. The maximum Gasteiger partial charge on any atom is 0.320 e. The van der Waals surface area contributed by atoms with Crippen LogP contribution in [0, 0.1) is 0 Å². The minimum Gasteiger partial charge on any atom is -0.480 e. The molecule has 2 aromatic heterocycles. The fraction of sp³-hybridized carbons (Fsp3) is 0.273. The number of aliphatic carboxylic acids is 1. The molecule has 0 aliphatic rings. The Kier molecular flexibility index (Phi) is 6.11. The topological polar surface area (TPSA) is 81.1 Å². The van der Waals surface area contributed by atoms with Gasteiger partial charge < -0.3 is 15.4 Å². The second-order valence-electron chi connectivity index (χ2n) is 3.79. The molecule has 0 aliphatic heterocycles. The molecule has 0 spiro atoms. The van der Waals surface area contributed by atoms with Crippen LogP contribution >= 0.6 is 24.8 Å². The number of carboxylic acid groups (broad SMARTS) is 1. The molecule has 2 aromatic rings. The molecule has 2 rings (SSSR count). The van der Waals surface area contributed by atoms with Crippen molar-refractivity contribution in [3.8, 4) is 0 Å². The molecule has 100 valence electrons. The van der Waals surface area contributed by atoms with Gasteiger partial charge in [-0.15, -0.1) is 24.8 Å². The molecular weight excluding hydrogens is 277 g/mol. The zero-order valence-electron chi connectivity index (χ0n) is 9.74. The lowest BCUT2D eigenvalue weighted by atomic mass is 10.1. The summed E-state index contributed by atoms with van der Waals surface area (Å²) in [5.41, 5.74) is 7.28. The maximum absolute atomic E-state index is 10.7. The first kappa shape index (κ1) is 16.7. The highest BCUT2D eigenvalue weighted by molar-refractivity contribution is 5.85. The summed E-state index contributed by atoms with van der Waals surface area (Å²) >= 11 is 0. The molecule has 5 nitrogen and oxygen atoms in total. The standard InChI is InChI=1S/C11H13N3O2.2ClH/c1-14-6-7(5-9(12)11(15)16)8-3-2-4-13-10(8)14;;/h2-4,6,9H,5,12H2,1H3,(H,15,16);2*1H/t9-;;/m1../s1. The Balaban J connectivity index is 0.00000144. The normalized spacial score (nSPS) is 11.4. The van der Waals surface area contributed by atoms with E-state index in [4.69, 9.17) is 10.8 Å². The van der Waals surface area contributed by atoms with Crippen molar-refractivity contribution in [1.82, 2.24) is 9.55 Å². The van der Waals surface area contributed by atoms with Crippen LogP contribution in [0.15, 0.2) is 24.5 Å². The van der Waals surface area contributed by atoms with E-state index in [1.165, 1.54) is 0 Å². The zero-order valence-corrected chi connectivity index (χ0v) is 11.4. The van der Waals surface area contributed by atoms with Crippen LogP contribution in [0.2, 0.25) is 0 Å². The molecule has 0 unspecified atom stereocenters. The van der Waals surface area contributed by atoms with Crippen LogP contribution < -0.4 is 5.73 Å². The predicted molar refractivity (Wildman–Crippen MR) is 74.5 cm³/mol. The maximum atomic E-state index is 10.7. The summed E-state index contributed by atoms with van der Waals surface area (Å²) < 4.78 is 1.87. The number of hydrogen-bond donors (Lipinski definition) is 2. The summed E-state index contributed by atoms with van der Waals surface area (Å²) in [6.07, 6.45) is 3.90. The van der Waals surface area contributed by atoms with Crippen LogP contribution in [-0.2, 0) is 18.3 Å². The number of pyridine rings is 1. The number of aryl methyl sites for hydroxylation is 1. The molecule has 0 fully saturated rings. The Morgan fingerprint density at radius 1 is 1.56 bits per heavy atom. The van der Waals surface area contributed by atoms with Gasteiger partial charge in [-0.05, 0) is 17.7 Å². The minimum atomic E-state index is -0.985. The van der Waals surface area contributed by atoms with Crippen molar-refractivity contribution in [1.29, 1.82) is 0 Å². The molecule has 0 radical (unpaired) electrons. The molecule has 7 heteroatoms. The molecule has 0 saturated carbocycles. The van der Waals surface area contributed by atoms with Crippen LogP contribution in [0.5, 0.6) is 0 Å². The number of fused-ring (bicyclic) bond motifs is 1. The van der Waals surface area contributed by atoms with E-state index in [1.54, 1.807) is 6.20 Å². The van der Waals surface area contributed by atoms with Crippen LogP contribution in [0.25, 0.3) is 11.0 Å². The van der Waals surface area contributed by atoms with Gasteiger partial charge in [0.2, 0.25) is 0 Å². The van der Waals surface area contributed by atoms with E-state index in [0.717, 1.165) is 16.6 Å². The number of aromatic nitrogens is 2. The SMILES string of the molecule is Cl.Cl.Cn1cc(C[C@@H](N)C(=O)O)c2cccnc21. The van der Waals surface area contributed by atoms with E-state index < -0.39 is 12.0 Å². The summed E-state index contributed by atoms with van der Waals surface area (Å²) in [5, 5.41) is 9.73. The van der Waals surface area contributed by atoms with E-state index in [1.807, 2.05) is 29.9 Å². The fourth-order valence-electron chi connectivity index (χ4n) is 1.78. The minimum absolute atomic E-state index is 0. The van der Waals surface area contributed by atoms with E-state index in [0.29, 0.717) is 6.42 Å². The Bertz CT molecular complexity index is 542. The van der Waals surface area contributed by atoms with Crippen LogP contribution in [-0.4, -0.2) is 26.7 Å². The number of nitrogens with two attached hydrogens (primary N) is 1. The molecule has 0 amide bonds. The van der Waals surface area contributed by atoms with Crippen LogP contribution in [0.3, 0.4) is 0 Å². The molecule has 1 atom stereocenters. The number of nitrogens with zero attached hydrogens (tertiary/aromatic N) is 2. The Hall–Kier alpha value is -1.30. The molecule has 0 bridgehead atoms. The van der Waals surface area contributed by atoms with Crippen molar-refractivity contribution < 1.29 is 9.90 Å². The van der Waals surface area contributed by atoms with E-state index in [9.17, 15) is 4.79 Å². The predicted octanol–water partition coefficient (Wildman–Crippen LogP) is 1.37. The highest BCUT2D eigenvalue weighted by Gasteiger charge is 2.15. The molecule has 2 heterocycles. The van der Waals surface area contributed by atoms with Crippen LogP contribution in [0.1, 0.15) is 5.56 Å². The van der Waals surface area contributed by atoms with E-state index in [-0.39, 0.29) is 24.8 Å². The largest absolute Gasteiger partial charge is 0.480 e. The number of carbonyl (C=O) groups is 1. The van der Waals surface area contributed by atoms with Crippen molar-refractivity contribution >= 4 is 41.8 Å². The van der Waals surface area contributed by atoms with Gasteiger partial charge in [-0.3, -0.25) is 4.79 Å². The van der Waals surface area contributed by atoms with Gasteiger partial charge in [0.25, 0.3) is 0 Å². The first-order valence-electron chi connectivity index (χ1n) is 4.97. The lowest BCUT2D eigenvalue weighted by Gasteiger charge is -2.04. The van der Waals surface area contributed by atoms with E-state index in [2.05, 4.69) is 4.98 Å². The average Bonchev–Trinajstić information content (AvgIpc) is 2.57. The summed E-state index contributed by atoms with van der Waals surface area (Å²) in [6.45, 7) is 0. The van der Waals surface area contributed by atoms with Gasteiger partial charge in [-0.1, -0.05) is 0 Å². The summed E-state index contributed by atoms with van der Waals surface area (Å²) in [6, 6.07) is 2.88. The van der Waals surface area contributed by atoms with Gasteiger partial charge in [0.1, 0.15) is 11.7 Å². The molecule has 3 N–H and O–H groups in total. The van der Waals surface area contributed by atoms with Crippen molar-refractivity contribution in [2.24, 2.45) is 12.8 Å². The molecule has 18 heavy (non-hydrogen) atoms. The van der Waals surface area contributed by atoms with Crippen molar-refractivity contribution in [3.63, 3.8) is 0 Å². The van der Waals surface area contributed by atoms with Gasteiger partial charge in [0.15, 0.2) is 0 Å². The third kappa shape index (κ3) is 3.13. The number of hydrogen-bond acceptors (Lipinski definition) is 3. The fourth-order valence-corrected chi connectivity index (χ4v) is 1.78. The lowest BCUT2D eigenvalue weighted by Crippen LogP contribution is -2.32. The zero-order chi connectivity index (χ0) is 11.7. The molecular formula is C11H15Cl2N3O2. The monoisotopic (exact) mass is 291 g/mol. The third-order valence-electron chi connectivity index (χ3n) is 2.57. The van der Waals surface area contributed by atoms with Gasteiger partial charge >= 0.3 is 5.97 Å². The van der Waals surface area contributed by atoms with Crippen molar-refractivity contribution in [2.45, 2.75) is 12.5 Å². The smallest absolute Gasteiger partial charge is 0.320 e. The molecule has 0 aliphatic carbocycles. The number of halogens is 2. The van der Waals surface area contributed by atoms with Crippen molar-refractivity contribution in [3.05, 3.63) is 30.1 Å². The highest BCUT2D eigenvalue weighted by Crippen LogP contribution is 2.19. The van der Waals surface area contributed by atoms with Crippen LogP contribution in [0.4, 0.5) is 0 Å². The van der Waals surface area contributed by atoms with Gasteiger partial charge in [0, 0.05) is 31.2 Å². The van der Waals surface area contributed by atoms with Gasteiger partial charge in [-0.2, -0.15) is 0 Å². The highest BCUT2D eigenvalue weighted by atomic mass is 35.5. The van der Waals surface area contributed by atoms with Crippen molar-refractivity contribution in [2.75, 3.05) is 0 Å². The quantitative estimate of drug-likeness (QED) is 0.895. The summed E-state index contributed by atoms with van der Waals surface area (Å²) in [4.78, 5) is 14.9. The molecule has 0 aromatic carbocycles.